The molecule has 10 heteroatoms. The molecule has 1 unspecified atom stereocenters. The lowest BCUT2D eigenvalue weighted by molar-refractivity contribution is -0.142. The molecule has 0 radical (unpaired) electrons. The van der Waals surface area contributed by atoms with Crippen molar-refractivity contribution in [3.8, 4) is 0 Å². The average Bonchev–Trinajstić information content (AvgIpc) is 3.07. The summed E-state index contributed by atoms with van der Waals surface area (Å²) in [6, 6.07) is 22.9. The molecule has 2 atom stereocenters. The van der Waals surface area contributed by atoms with Crippen molar-refractivity contribution in [1.29, 1.82) is 0 Å². The van der Waals surface area contributed by atoms with Crippen molar-refractivity contribution >= 4 is 34.7 Å². The standard InChI is InChI=1S/C39H51N5O5/c1-5-40-35(46)39(26-28-12-7-6-8-13-28)20-11-21-44(27-39)34(45)33(25-29-16-17-30-14-9-10-15-31(30)24-29)42-36(47)43-22-18-32(19-23-43)41-37(48)49-38(2,3)4/h6-10,12-17,24,32-33H,5,11,18-23,25-27H2,1-4H3,(H,40,46)(H,41,48)(H,42,47)/t33?,39-/m0/s1. The van der Waals surface area contributed by atoms with E-state index >= 15 is 0 Å². The molecule has 3 aromatic carbocycles. The summed E-state index contributed by atoms with van der Waals surface area (Å²) in [5.41, 5.74) is 0.626. The van der Waals surface area contributed by atoms with E-state index in [0.717, 1.165) is 21.9 Å². The van der Waals surface area contributed by atoms with Crippen molar-refractivity contribution in [3.05, 3.63) is 83.9 Å². The minimum atomic E-state index is -0.826. The Labute approximate surface area is 289 Å². The van der Waals surface area contributed by atoms with Crippen LogP contribution in [-0.2, 0) is 27.2 Å². The molecule has 5 amide bonds. The summed E-state index contributed by atoms with van der Waals surface area (Å²) in [6.07, 6.45) is 2.89. The Morgan fingerprint density at radius 2 is 1.57 bits per heavy atom. The number of nitrogens with one attached hydrogen (secondary N) is 3. The molecule has 3 N–H and O–H groups in total. The molecule has 2 saturated heterocycles. The average molecular weight is 670 g/mol. The van der Waals surface area contributed by atoms with Crippen molar-refractivity contribution < 1.29 is 23.9 Å². The number of hydrogen-bond acceptors (Lipinski definition) is 5. The highest BCUT2D eigenvalue weighted by Crippen LogP contribution is 2.35. The van der Waals surface area contributed by atoms with Gasteiger partial charge < -0.3 is 30.5 Å². The lowest BCUT2D eigenvalue weighted by Crippen LogP contribution is -2.59. The lowest BCUT2D eigenvalue weighted by Gasteiger charge is -2.43. The minimum Gasteiger partial charge on any atom is -0.444 e. The molecule has 2 aliphatic rings. The molecule has 0 aromatic heterocycles. The number of urea groups is 1. The van der Waals surface area contributed by atoms with Gasteiger partial charge in [-0.05, 0) is 81.7 Å². The topological polar surface area (TPSA) is 120 Å². The van der Waals surface area contributed by atoms with Crippen LogP contribution in [0.3, 0.4) is 0 Å². The third-order valence-corrected chi connectivity index (χ3v) is 9.45. The smallest absolute Gasteiger partial charge is 0.407 e. The Balaban J connectivity index is 1.33. The normalized spacial score (nSPS) is 19.2. The van der Waals surface area contributed by atoms with Crippen LogP contribution in [0.15, 0.2) is 72.8 Å². The number of ether oxygens (including phenoxy) is 1. The molecular weight excluding hydrogens is 618 g/mol. The SMILES string of the molecule is CCNC(=O)[C@]1(Cc2ccccc2)CCCN(C(=O)C(Cc2ccc3ccccc3c2)NC(=O)N2CCC(NC(=O)OC(C)(C)C)CC2)C1. The molecule has 262 valence electrons. The molecule has 49 heavy (non-hydrogen) atoms. The van der Waals surface area contributed by atoms with E-state index in [1.807, 2.05) is 94.4 Å². The van der Waals surface area contributed by atoms with Gasteiger partial charge in [0.25, 0.3) is 0 Å². The monoisotopic (exact) mass is 669 g/mol. The van der Waals surface area contributed by atoms with Gasteiger partial charge in [-0.1, -0.05) is 72.8 Å². The van der Waals surface area contributed by atoms with E-state index in [4.69, 9.17) is 4.74 Å². The van der Waals surface area contributed by atoms with Gasteiger partial charge >= 0.3 is 12.1 Å². The first-order valence-electron chi connectivity index (χ1n) is 17.6. The Hall–Kier alpha value is -4.60. The molecule has 2 heterocycles. The fourth-order valence-electron chi connectivity index (χ4n) is 7.03. The summed E-state index contributed by atoms with van der Waals surface area (Å²) in [6.45, 7) is 9.54. The number of fused-ring (bicyclic) bond motifs is 1. The summed E-state index contributed by atoms with van der Waals surface area (Å²) in [5, 5.41) is 11.2. The molecule has 5 rings (SSSR count). The third-order valence-electron chi connectivity index (χ3n) is 9.45. The summed E-state index contributed by atoms with van der Waals surface area (Å²) < 4.78 is 5.40. The number of carbonyl (C=O) groups is 4. The zero-order chi connectivity index (χ0) is 35.0. The zero-order valence-corrected chi connectivity index (χ0v) is 29.3. The molecule has 0 aliphatic carbocycles. The third kappa shape index (κ3) is 9.52. The molecular formula is C39H51N5O5. The summed E-state index contributed by atoms with van der Waals surface area (Å²) in [4.78, 5) is 57.7. The highest BCUT2D eigenvalue weighted by atomic mass is 16.6. The molecule has 10 nitrogen and oxygen atoms in total. The van der Waals surface area contributed by atoms with Crippen molar-refractivity contribution in [3.63, 3.8) is 0 Å². The maximum absolute atomic E-state index is 14.5. The van der Waals surface area contributed by atoms with Gasteiger partial charge in [-0.2, -0.15) is 0 Å². The molecule has 2 fully saturated rings. The van der Waals surface area contributed by atoms with E-state index in [9.17, 15) is 19.2 Å². The van der Waals surface area contributed by atoms with Gasteiger partial charge in [0, 0.05) is 45.2 Å². The fraction of sp³-hybridized carbons (Fsp3) is 0.487. The van der Waals surface area contributed by atoms with Crippen molar-refractivity contribution in [2.45, 2.75) is 83.9 Å². The van der Waals surface area contributed by atoms with E-state index in [1.165, 1.54) is 0 Å². The van der Waals surface area contributed by atoms with Crippen LogP contribution in [0.2, 0.25) is 0 Å². The second-order valence-electron chi connectivity index (χ2n) is 14.5. The van der Waals surface area contributed by atoms with Gasteiger partial charge in [0.15, 0.2) is 0 Å². The fourth-order valence-corrected chi connectivity index (χ4v) is 7.03. The van der Waals surface area contributed by atoms with E-state index in [2.05, 4.69) is 22.0 Å². The number of amides is 5. The van der Waals surface area contributed by atoms with Crippen molar-refractivity contribution in [2.24, 2.45) is 5.41 Å². The van der Waals surface area contributed by atoms with Gasteiger partial charge in [-0.3, -0.25) is 9.59 Å². The Morgan fingerprint density at radius 3 is 2.27 bits per heavy atom. The molecule has 2 aliphatic heterocycles. The van der Waals surface area contributed by atoms with Crippen LogP contribution >= 0.6 is 0 Å². The second kappa shape index (κ2) is 15.7. The number of benzene rings is 3. The minimum absolute atomic E-state index is 0.0469. The van der Waals surface area contributed by atoms with Gasteiger partial charge in [-0.15, -0.1) is 0 Å². The van der Waals surface area contributed by atoms with E-state index < -0.39 is 23.2 Å². The first-order valence-corrected chi connectivity index (χ1v) is 17.6. The van der Waals surface area contributed by atoms with Crippen molar-refractivity contribution in [1.82, 2.24) is 25.8 Å². The van der Waals surface area contributed by atoms with Crippen LogP contribution in [0, 0.1) is 5.41 Å². The largest absolute Gasteiger partial charge is 0.444 e. The van der Waals surface area contributed by atoms with E-state index in [-0.39, 0.29) is 30.4 Å². The molecule has 0 bridgehead atoms. The molecule has 0 spiro atoms. The lowest BCUT2D eigenvalue weighted by atomic mass is 9.74. The second-order valence-corrected chi connectivity index (χ2v) is 14.5. The Bertz CT molecular complexity index is 1610. The quantitative estimate of drug-likeness (QED) is 0.281. The maximum Gasteiger partial charge on any atom is 0.407 e. The van der Waals surface area contributed by atoms with Gasteiger partial charge in [0.1, 0.15) is 11.6 Å². The van der Waals surface area contributed by atoms with Gasteiger partial charge in [0.05, 0.1) is 5.41 Å². The number of hydrogen-bond donors (Lipinski definition) is 3. The van der Waals surface area contributed by atoms with Crippen LogP contribution in [0.5, 0.6) is 0 Å². The summed E-state index contributed by atoms with van der Waals surface area (Å²) in [5.74, 6) is -0.237. The number of alkyl carbamates (subject to hydrolysis) is 1. The van der Waals surface area contributed by atoms with E-state index in [1.54, 1.807) is 9.80 Å². The first kappa shape index (κ1) is 35.7. The number of likely N-dealkylation sites (tertiary alicyclic amines) is 2. The van der Waals surface area contributed by atoms with Crippen molar-refractivity contribution in [2.75, 3.05) is 32.7 Å². The summed E-state index contributed by atoms with van der Waals surface area (Å²) >= 11 is 0. The highest BCUT2D eigenvalue weighted by Gasteiger charge is 2.44. The highest BCUT2D eigenvalue weighted by molar-refractivity contribution is 5.90. The molecule has 0 saturated carbocycles. The van der Waals surface area contributed by atoms with Gasteiger partial charge in [0.2, 0.25) is 11.8 Å². The Morgan fingerprint density at radius 1 is 0.878 bits per heavy atom. The van der Waals surface area contributed by atoms with Crippen LogP contribution in [-0.4, -0.2) is 84.1 Å². The number of nitrogens with zero attached hydrogens (tertiary/aromatic N) is 2. The van der Waals surface area contributed by atoms with Gasteiger partial charge in [-0.25, -0.2) is 9.59 Å². The zero-order valence-electron chi connectivity index (χ0n) is 29.3. The first-order chi connectivity index (χ1) is 23.4. The van der Waals surface area contributed by atoms with Crippen LogP contribution < -0.4 is 16.0 Å². The predicted octanol–water partition coefficient (Wildman–Crippen LogP) is 5.44. The van der Waals surface area contributed by atoms with E-state index in [0.29, 0.717) is 64.7 Å². The number of piperidine rings is 2. The van der Waals surface area contributed by atoms with Crippen LogP contribution in [0.25, 0.3) is 10.8 Å². The Kier molecular flexibility index (Phi) is 11.5. The number of rotatable bonds is 9. The van der Waals surface area contributed by atoms with Crippen LogP contribution in [0.1, 0.15) is 64.5 Å². The maximum atomic E-state index is 14.5. The summed E-state index contributed by atoms with van der Waals surface area (Å²) in [7, 11) is 0. The molecule has 3 aromatic rings. The number of carbonyl (C=O) groups excluding carboxylic acids is 4. The predicted molar refractivity (Wildman–Crippen MR) is 191 cm³/mol. The van der Waals surface area contributed by atoms with Crippen LogP contribution in [0.4, 0.5) is 9.59 Å².